The van der Waals surface area contributed by atoms with Crippen LogP contribution in [0.15, 0.2) is 12.4 Å². The number of rotatable bonds is 5. The van der Waals surface area contributed by atoms with Crippen molar-refractivity contribution in [1.29, 1.82) is 0 Å². The van der Waals surface area contributed by atoms with E-state index in [9.17, 15) is 4.79 Å². The Kier molecular flexibility index (Phi) is 3.25. The molecule has 0 spiro atoms. The van der Waals surface area contributed by atoms with Crippen molar-refractivity contribution >= 4 is 17.6 Å². The van der Waals surface area contributed by atoms with Crippen molar-refractivity contribution in [2.45, 2.75) is 19.3 Å². The fourth-order valence-electron chi connectivity index (χ4n) is 4.42. The van der Waals surface area contributed by atoms with Gasteiger partial charge in [-0.05, 0) is 42.9 Å². The Morgan fingerprint density at radius 2 is 2.00 bits per heavy atom. The van der Waals surface area contributed by atoms with Gasteiger partial charge in [-0.1, -0.05) is 11.6 Å². The van der Waals surface area contributed by atoms with Crippen LogP contribution in [0.4, 0.5) is 0 Å². The van der Waals surface area contributed by atoms with Crippen molar-refractivity contribution in [1.82, 2.24) is 9.97 Å². The van der Waals surface area contributed by atoms with Gasteiger partial charge in [0, 0.05) is 0 Å². The fourth-order valence-corrected chi connectivity index (χ4v) is 4.56. The lowest BCUT2D eigenvalue weighted by molar-refractivity contribution is -0.147. The molecule has 2 bridgehead atoms. The van der Waals surface area contributed by atoms with E-state index in [1.807, 2.05) is 0 Å². The monoisotopic (exact) mass is 308 g/mol. The summed E-state index contributed by atoms with van der Waals surface area (Å²) in [6, 6.07) is 0. The van der Waals surface area contributed by atoms with E-state index in [2.05, 4.69) is 9.97 Å². The number of aromatic nitrogens is 2. The summed E-state index contributed by atoms with van der Waals surface area (Å²) in [5.74, 6) is 3.29. The van der Waals surface area contributed by atoms with Crippen LogP contribution in [0.2, 0.25) is 5.15 Å². The van der Waals surface area contributed by atoms with E-state index in [4.69, 9.17) is 21.1 Å². The Labute approximate surface area is 128 Å². The highest BCUT2D eigenvalue weighted by Gasteiger charge is 2.68. The first-order valence-electron chi connectivity index (χ1n) is 7.51. The second kappa shape index (κ2) is 5.13. The highest BCUT2D eigenvalue weighted by molar-refractivity contribution is 6.29. The predicted octanol–water partition coefficient (Wildman–Crippen LogP) is 2.34. The number of esters is 1. The van der Waals surface area contributed by atoms with Crippen LogP contribution in [0.5, 0.6) is 5.88 Å². The molecule has 3 fully saturated rings. The second-order valence-corrected chi connectivity index (χ2v) is 6.60. The lowest BCUT2D eigenvalue weighted by Gasteiger charge is -2.09. The first-order valence-corrected chi connectivity index (χ1v) is 7.89. The molecule has 21 heavy (non-hydrogen) atoms. The Bertz CT molecular complexity index is 552. The van der Waals surface area contributed by atoms with E-state index in [0.29, 0.717) is 17.7 Å². The zero-order chi connectivity index (χ0) is 14.4. The van der Waals surface area contributed by atoms with Crippen molar-refractivity contribution in [2.75, 3.05) is 13.2 Å². The summed E-state index contributed by atoms with van der Waals surface area (Å²) < 4.78 is 10.7. The summed E-state index contributed by atoms with van der Waals surface area (Å²) >= 11 is 5.71. The standard InChI is InChI=1S/C15H17ClN2O3/c16-10-6-17-7-11(18-10)20-3-4-21-15(19)14-12-8-1-2-9(5-8)13(12)14/h6-9,12-14H,1-5H2/t8-,9-,12+,13+/m0/s1. The molecule has 1 heterocycles. The summed E-state index contributed by atoms with van der Waals surface area (Å²) in [6.45, 7) is 0.522. The van der Waals surface area contributed by atoms with E-state index in [1.165, 1.54) is 31.7 Å². The van der Waals surface area contributed by atoms with E-state index in [1.54, 1.807) is 0 Å². The van der Waals surface area contributed by atoms with Gasteiger partial charge in [0.1, 0.15) is 13.2 Å². The first-order chi connectivity index (χ1) is 10.2. The summed E-state index contributed by atoms with van der Waals surface area (Å²) in [6.07, 6.45) is 6.89. The zero-order valence-corrected chi connectivity index (χ0v) is 12.3. The van der Waals surface area contributed by atoms with E-state index in [0.717, 1.165) is 11.8 Å². The van der Waals surface area contributed by atoms with Gasteiger partial charge in [0.2, 0.25) is 5.88 Å². The molecule has 0 aliphatic heterocycles. The van der Waals surface area contributed by atoms with Crippen LogP contribution < -0.4 is 4.74 Å². The maximum absolute atomic E-state index is 12.1. The number of hydrogen-bond acceptors (Lipinski definition) is 5. The van der Waals surface area contributed by atoms with Crippen LogP contribution in [-0.2, 0) is 9.53 Å². The molecule has 1 aromatic heterocycles. The molecule has 4 rings (SSSR count). The Morgan fingerprint density at radius 1 is 1.24 bits per heavy atom. The summed E-state index contributed by atoms with van der Waals surface area (Å²) in [5.41, 5.74) is 0. The van der Waals surface area contributed by atoms with Gasteiger partial charge in [0.05, 0.1) is 18.3 Å². The largest absolute Gasteiger partial charge is 0.473 e. The van der Waals surface area contributed by atoms with Crippen LogP contribution in [-0.4, -0.2) is 29.2 Å². The van der Waals surface area contributed by atoms with Crippen LogP contribution in [0.1, 0.15) is 19.3 Å². The number of carbonyl (C=O) groups is 1. The summed E-state index contributed by atoms with van der Waals surface area (Å²) in [5, 5.41) is 0.283. The van der Waals surface area contributed by atoms with Gasteiger partial charge < -0.3 is 9.47 Å². The van der Waals surface area contributed by atoms with Crippen molar-refractivity contribution < 1.29 is 14.3 Å². The Morgan fingerprint density at radius 3 is 2.71 bits per heavy atom. The molecule has 0 radical (unpaired) electrons. The molecule has 0 saturated heterocycles. The molecular formula is C15H17ClN2O3. The number of fused-ring (bicyclic) bond motifs is 5. The third-order valence-electron chi connectivity index (χ3n) is 5.17. The van der Waals surface area contributed by atoms with E-state index < -0.39 is 0 Å². The third-order valence-corrected chi connectivity index (χ3v) is 5.35. The van der Waals surface area contributed by atoms with Gasteiger partial charge in [-0.3, -0.25) is 9.78 Å². The van der Waals surface area contributed by atoms with Crippen molar-refractivity contribution in [3.63, 3.8) is 0 Å². The Balaban J connectivity index is 1.21. The van der Waals surface area contributed by atoms with Gasteiger partial charge in [0.15, 0.2) is 5.15 Å². The molecule has 6 heteroatoms. The number of ether oxygens (including phenoxy) is 2. The first kappa shape index (κ1) is 13.3. The smallest absolute Gasteiger partial charge is 0.309 e. The van der Waals surface area contributed by atoms with Gasteiger partial charge in [-0.2, -0.15) is 4.98 Å². The van der Waals surface area contributed by atoms with E-state index >= 15 is 0 Å². The number of halogens is 1. The molecule has 3 aliphatic carbocycles. The maximum atomic E-state index is 12.1. The van der Waals surface area contributed by atoms with Crippen LogP contribution in [0.25, 0.3) is 0 Å². The molecule has 3 saturated carbocycles. The molecule has 1 aromatic rings. The molecule has 0 aromatic carbocycles. The molecule has 0 N–H and O–H groups in total. The second-order valence-electron chi connectivity index (χ2n) is 6.21. The topological polar surface area (TPSA) is 61.3 Å². The van der Waals surface area contributed by atoms with Gasteiger partial charge in [0.25, 0.3) is 0 Å². The normalized spacial score (nSPS) is 35.4. The minimum Gasteiger partial charge on any atom is -0.473 e. The minimum atomic E-state index is -0.0395. The highest BCUT2D eigenvalue weighted by Crippen LogP contribution is 2.69. The lowest BCUT2D eigenvalue weighted by Crippen LogP contribution is -2.17. The van der Waals surface area contributed by atoms with Crippen LogP contribution in [0.3, 0.4) is 0 Å². The minimum absolute atomic E-state index is 0.0395. The van der Waals surface area contributed by atoms with Gasteiger partial charge in [-0.25, -0.2) is 0 Å². The summed E-state index contributed by atoms with van der Waals surface area (Å²) in [7, 11) is 0. The molecule has 5 nitrogen and oxygen atoms in total. The van der Waals surface area contributed by atoms with Gasteiger partial charge in [-0.15, -0.1) is 0 Å². The number of carbonyl (C=O) groups excluding carboxylic acids is 1. The molecule has 112 valence electrons. The fraction of sp³-hybridized carbons (Fsp3) is 0.667. The average molecular weight is 309 g/mol. The van der Waals surface area contributed by atoms with Crippen molar-refractivity contribution in [3.05, 3.63) is 17.5 Å². The molecule has 0 amide bonds. The predicted molar refractivity (Wildman–Crippen MR) is 74.8 cm³/mol. The molecular weight excluding hydrogens is 292 g/mol. The highest BCUT2D eigenvalue weighted by atomic mass is 35.5. The molecule has 0 unspecified atom stereocenters. The lowest BCUT2D eigenvalue weighted by atomic mass is 10.0. The maximum Gasteiger partial charge on any atom is 0.309 e. The zero-order valence-electron chi connectivity index (χ0n) is 11.6. The van der Waals surface area contributed by atoms with Crippen molar-refractivity contribution in [3.8, 4) is 5.88 Å². The van der Waals surface area contributed by atoms with E-state index in [-0.39, 0.29) is 30.3 Å². The SMILES string of the molecule is O=C(OCCOc1cncc(Cl)n1)C1[C@@H]2[C@H]3CC[C@@H](C3)[C@@H]12. The average Bonchev–Trinajstić information content (AvgIpc) is 2.92. The summed E-state index contributed by atoms with van der Waals surface area (Å²) in [4.78, 5) is 19.9. The van der Waals surface area contributed by atoms with Gasteiger partial charge >= 0.3 is 5.97 Å². The van der Waals surface area contributed by atoms with Crippen LogP contribution in [0, 0.1) is 29.6 Å². The Hall–Kier alpha value is -1.36. The van der Waals surface area contributed by atoms with Crippen LogP contribution >= 0.6 is 11.6 Å². The third kappa shape index (κ3) is 2.37. The molecule has 3 aliphatic rings. The van der Waals surface area contributed by atoms with Crippen molar-refractivity contribution in [2.24, 2.45) is 29.6 Å². The number of nitrogens with zero attached hydrogens (tertiary/aromatic N) is 2. The number of hydrogen-bond donors (Lipinski definition) is 0. The quantitative estimate of drug-likeness (QED) is 0.617. The molecule has 4 atom stereocenters.